The van der Waals surface area contributed by atoms with E-state index in [9.17, 15) is 13.2 Å². The molecule has 0 N–H and O–H groups in total. The van der Waals surface area contributed by atoms with Gasteiger partial charge in [0.1, 0.15) is 11.6 Å². The van der Waals surface area contributed by atoms with E-state index in [1.165, 1.54) is 6.07 Å². The van der Waals surface area contributed by atoms with Gasteiger partial charge >= 0.3 is 0 Å². The zero-order chi connectivity index (χ0) is 9.14. The van der Waals surface area contributed by atoms with E-state index in [0.29, 0.717) is 6.20 Å². The van der Waals surface area contributed by atoms with Crippen molar-refractivity contribution < 1.29 is 13.2 Å². The summed E-state index contributed by atoms with van der Waals surface area (Å²) >= 11 is 0. The van der Waals surface area contributed by atoms with Gasteiger partial charge in [-0.1, -0.05) is 0 Å². The lowest BCUT2D eigenvalue weighted by Gasteiger charge is -2.00. The van der Waals surface area contributed by atoms with E-state index in [2.05, 4.69) is 4.98 Å². The van der Waals surface area contributed by atoms with Crippen LogP contribution in [-0.2, 0) is 0 Å². The maximum Gasteiger partial charge on any atom is 0.268 e. The van der Waals surface area contributed by atoms with Gasteiger partial charge in [-0.05, 0) is 0 Å². The van der Waals surface area contributed by atoms with Crippen LogP contribution in [0.1, 0.15) is 17.6 Å². The molecule has 0 fully saturated rings. The predicted octanol–water partition coefficient (Wildman–Crippen LogP) is 2.03. The molecule has 1 aromatic rings. The Bertz CT molecular complexity index is 330. The van der Waals surface area contributed by atoms with E-state index in [0.717, 1.165) is 6.20 Å². The average molecular weight is 172 g/mol. The van der Waals surface area contributed by atoms with E-state index >= 15 is 0 Å². The number of pyridine rings is 1. The molecule has 62 valence electrons. The number of rotatable bonds is 1. The van der Waals surface area contributed by atoms with Gasteiger partial charge in [-0.15, -0.1) is 0 Å². The first-order chi connectivity index (χ1) is 5.66. The van der Waals surface area contributed by atoms with Gasteiger partial charge in [0.25, 0.3) is 6.43 Å². The van der Waals surface area contributed by atoms with Crippen molar-refractivity contribution in [2.75, 3.05) is 0 Å². The lowest BCUT2D eigenvalue weighted by Crippen LogP contribution is -1.95. The molecule has 0 radical (unpaired) electrons. The summed E-state index contributed by atoms with van der Waals surface area (Å²) in [5.74, 6) is -1.19. The van der Waals surface area contributed by atoms with Crippen molar-refractivity contribution in [2.24, 2.45) is 0 Å². The van der Waals surface area contributed by atoms with E-state index in [1.54, 1.807) is 0 Å². The van der Waals surface area contributed by atoms with Gasteiger partial charge < -0.3 is 0 Å². The summed E-state index contributed by atoms with van der Waals surface area (Å²) in [6.07, 6.45) is -1.33. The molecule has 0 unspecified atom stereocenters. The lowest BCUT2D eigenvalue weighted by atomic mass is 10.2. The second-order valence-corrected chi connectivity index (χ2v) is 2.00. The Kier molecular flexibility index (Phi) is 2.29. The number of hydrogen-bond acceptors (Lipinski definition) is 2. The van der Waals surface area contributed by atoms with Gasteiger partial charge in [-0.2, -0.15) is 5.26 Å². The SMILES string of the molecule is N#Cc1cncc(C(F)F)c1F. The predicted molar refractivity (Wildman–Crippen MR) is 33.9 cm³/mol. The second kappa shape index (κ2) is 3.22. The van der Waals surface area contributed by atoms with Crippen molar-refractivity contribution in [2.45, 2.75) is 6.43 Å². The van der Waals surface area contributed by atoms with Crippen LogP contribution in [0.5, 0.6) is 0 Å². The Morgan fingerprint density at radius 2 is 2.08 bits per heavy atom. The summed E-state index contributed by atoms with van der Waals surface area (Å²) in [4.78, 5) is 3.30. The van der Waals surface area contributed by atoms with E-state index < -0.39 is 23.4 Å². The molecule has 5 heteroatoms. The molecule has 0 amide bonds. The second-order valence-electron chi connectivity index (χ2n) is 2.00. The monoisotopic (exact) mass is 172 g/mol. The molecule has 1 heterocycles. The van der Waals surface area contributed by atoms with Crippen LogP contribution in [0.25, 0.3) is 0 Å². The molecule has 1 rings (SSSR count). The summed E-state index contributed by atoms with van der Waals surface area (Å²) in [7, 11) is 0. The zero-order valence-corrected chi connectivity index (χ0v) is 5.76. The largest absolute Gasteiger partial charge is 0.268 e. The molecule has 0 aliphatic heterocycles. The van der Waals surface area contributed by atoms with Gasteiger partial charge in [0, 0.05) is 12.4 Å². The van der Waals surface area contributed by atoms with Crippen LogP contribution < -0.4 is 0 Å². The van der Waals surface area contributed by atoms with Crippen LogP contribution in [-0.4, -0.2) is 4.98 Å². The third kappa shape index (κ3) is 1.37. The van der Waals surface area contributed by atoms with E-state index in [1.807, 2.05) is 0 Å². The highest BCUT2D eigenvalue weighted by Crippen LogP contribution is 2.22. The summed E-state index contributed by atoms with van der Waals surface area (Å²) in [6, 6.07) is 1.42. The van der Waals surface area contributed by atoms with Crippen molar-refractivity contribution >= 4 is 0 Å². The zero-order valence-electron chi connectivity index (χ0n) is 5.76. The van der Waals surface area contributed by atoms with Gasteiger partial charge in [-0.25, -0.2) is 13.2 Å². The van der Waals surface area contributed by atoms with Crippen molar-refractivity contribution in [3.05, 3.63) is 29.3 Å². The molecule has 1 aromatic heterocycles. The van der Waals surface area contributed by atoms with Gasteiger partial charge in [-0.3, -0.25) is 4.98 Å². The number of hydrogen-bond donors (Lipinski definition) is 0. The van der Waals surface area contributed by atoms with Crippen LogP contribution in [0.3, 0.4) is 0 Å². The lowest BCUT2D eigenvalue weighted by molar-refractivity contribution is 0.145. The Morgan fingerprint density at radius 1 is 1.42 bits per heavy atom. The number of nitrogens with zero attached hydrogens (tertiary/aromatic N) is 2. The summed E-state index contributed by atoms with van der Waals surface area (Å²) < 4.78 is 36.7. The molecule has 12 heavy (non-hydrogen) atoms. The number of aromatic nitrogens is 1. The van der Waals surface area contributed by atoms with Crippen molar-refractivity contribution in [1.82, 2.24) is 4.98 Å². The highest BCUT2D eigenvalue weighted by Gasteiger charge is 2.16. The summed E-state index contributed by atoms with van der Waals surface area (Å²) in [5.41, 5.74) is -1.30. The molecule has 0 atom stereocenters. The number of alkyl halides is 2. The normalized spacial score (nSPS) is 9.92. The minimum atomic E-state index is -2.94. The van der Waals surface area contributed by atoms with Gasteiger partial charge in [0.05, 0.1) is 5.56 Å². The third-order valence-corrected chi connectivity index (χ3v) is 1.26. The van der Waals surface area contributed by atoms with Crippen molar-refractivity contribution in [1.29, 1.82) is 5.26 Å². The molecule has 0 spiro atoms. The third-order valence-electron chi connectivity index (χ3n) is 1.26. The fourth-order valence-electron chi connectivity index (χ4n) is 0.691. The minimum Gasteiger partial charge on any atom is -0.263 e. The first-order valence-corrected chi connectivity index (χ1v) is 2.98. The van der Waals surface area contributed by atoms with Crippen LogP contribution >= 0.6 is 0 Å². The van der Waals surface area contributed by atoms with Gasteiger partial charge in [0.2, 0.25) is 0 Å². The molecule has 0 aromatic carbocycles. The topological polar surface area (TPSA) is 36.7 Å². The Hall–Kier alpha value is -1.57. The van der Waals surface area contributed by atoms with Crippen molar-refractivity contribution in [3.8, 4) is 6.07 Å². The average Bonchev–Trinajstić information content (AvgIpc) is 2.04. The molecule has 0 bridgehead atoms. The van der Waals surface area contributed by atoms with E-state index in [4.69, 9.17) is 5.26 Å². The fraction of sp³-hybridized carbons (Fsp3) is 0.143. The van der Waals surface area contributed by atoms with Crippen LogP contribution in [0.4, 0.5) is 13.2 Å². The van der Waals surface area contributed by atoms with Gasteiger partial charge in [0.15, 0.2) is 5.82 Å². The highest BCUT2D eigenvalue weighted by molar-refractivity contribution is 5.31. The van der Waals surface area contributed by atoms with Crippen LogP contribution in [0.2, 0.25) is 0 Å². The molecule has 0 saturated carbocycles. The molecular formula is C7H3F3N2. The number of nitriles is 1. The fourth-order valence-corrected chi connectivity index (χ4v) is 0.691. The standard InChI is InChI=1S/C7H3F3N2/c8-6-4(1-11)2-12-3-5(6)7(9)10/h2-3,7H. The molecule has 0 saturated heterocycles. The molecule has 0 aliphatic carbocycles. The first-order valence-electron chi connectivity index (χ1n) is 2.98. The van der Waals surface area contributed by atoms with E-state index in [-0.39, 0.29) is 0 Å². The Morgan fingerprint density at radius 3 is 2.58 bits per heavy atom. The van der Waals surface area contributed by atoms with Crippen LogP contribution in [0, 0.1) is 17.1 Å². The smallest absolute Gasteiger partial charge is 0.263 e. The molecule has 0 aliphatic rings. The quantitative estimate of drug-likeness (QED) is 0.649. The highest BCUT2D eigenvalue weighted by atomic mass is 19.3. The first kappa shape index (κ1) is 8.53. The summed E-state index contributed by atoms with van der Waals surface area (Å²) in [6.45, 7) is 0. The molecular weight excluding hydrogens is 169 g/mol. The Balaban J connectivity index is 3.25. The Labute approximate surface area is 66.3 Å². The molecule has 2 nitrogen and oxygen atoms in total. The number of halogens is 3. The minimum absolute atomic E-state index is 0.465. The maximum atomic E-state index is 12.8. The summed E-state index contributed by atoms with van der Waals surface area (Å²) in [5, 5.41) is 8.25. The van der Waals surface area contributed by atoms with Crippen LogP contribution in [0.15, 0.2) is 12.4 Å². The van der Waals surface area contributed by atoms with Crippen molar-refractivity contribution in [3.63, 3.8) is 0 Å². The maximum absolute atomic E-state index is 12.8.